The van der Waals surface area contributed by atoms with Gasteiger partial charge in [-0.1, -0.05) is 20.8 Å². The van der Waals surface area contributed by atoms with Gasteiger partial charge in [-0.05, 0) is 64.0 Å². The molecule has 170 valence electrons. The Bertz CT molecular complexity index is 1460. The van der Waals surface area contributed by atoms with Crippen molar-refractivity contribution in [3.05, 3.63) is 71.8 Å². The number of hydrogen-bond donors (Lipinski definition) is 1. The maximum Gasteiger partial charge on any atom is 0.273 e. The molecular weight excluding hydrogens is 511 g/mol. The van der Waals surface area contributed by atoms with Gasteiger partial charge < -0.3 is 9.84 Å². The number of phenols is 1. The Kier molecular flexibility index (Phi) is 6.91. The number of ether oxygens (including phenoxy) is 1. The number of nitrogens with zero attached hydrogens (tertiary/aromatic N) is 2. The van der Waals surface area contributed by atoms with Gasteiger partial charge in [-0.25, -0.2) is 4.39 Å². The number of Topliss-reactive ketones (excluding diaryl/α,β-unsaturated/α-hetero) is 1. The number of carbonyl (C=O) groups excluding carboxylic acids is 1. The number of rotatable bonds is 4. The summed E-state index contributed by atoms with van der Waals surface area (Å²) in [6.45, 7) is 5.07. The molecule has 1 aromatic heterocycles. The quantitative estimate of drug-likeness (QED) is 0.555. The van der Waals surface area contributed by atoms with Gasteiger partial charge in [-0.3, -0.25) is 14.2 Å². The van der Waals surface area contributed by atoms with Crippen molar-refractivity contribution in [3.63, 3.8) is 0 Å². The highest BCUT2D eigenvalue weighted by atomic mass is 79.9. The van der Waals surface area contributed by atoms with Crippen LogP contribution >= 0.6 is 27.3 Å². The number of methoxy groups -OCH3 is 1. The Morgan fingerprint density at radius 1 is 1.27 bits per heavy atom. The van der Waals surface area contributed by atoms with Crippen LogP contribution in [-0.2, 0) is 4.79 Å². The third-order valence-corrected chi connectivity index (χ3v) is 6.41. The van der Waals surface area contributed by atoms with Crippen LogP contribution in [0.15, 0.2) is 45.7 Å². The average molecular weight is 531 g/mol. The largest absolute Gasteiger partial charge is 0.503 e. The van der Waals surface area contributed by atoms with Crippen molar-refractivity contribution < 1.29 is 19.0 Å². The first-order valence-corrected chi connectivity index (χ1v) is 11.3. The van der Waals surface area contributed by atoms with E-state index in [-0.39, 0.29) is 26.3 Å². The second-order valence-corrected chi connectivity index (χ2v) is 10.0. The molecule has 0 unspecified atom stereocenters. The molecule has 0 spiro atoms. The number of benzene rings is 2. The third-order valence-electron chi connectivity index (χ3n) is 4.71. The standard InChI is InChI=1S/C24H20BrFN2O4S/c1-24(2,3)21(30)16(12-27)23-28(15-7-5-14(26)6-8-15)22(31)19(33-23)11-13-9-17(25)20(29)18(10-13)32-4/h5-11,29H,1-4H3/b19-11+,23-16-. The molecule has 33 heavy (non-hydrogen) atoms. The Morgan fingerprint density at radius 3 is 2.45 bits per heavy atom. The zero-order valence-electron chi connectivity index (χ0n) is 18.3. The number of carbonyl (C=O) groups is 1. The van der Waals surface area contributed by atoms with Crippen molar-refractivity contribution in [1.29, 1.82) is 5.26 Å². The molecule has 0 bridgehead atoms. The second kappa shape index (κ2) is 9.33. The van der Waals surface area contributed by atoms with E-state index in [0.717, 1.165) is 11.3 Å². The van der Waals surface area contributed by atoms with Gasteiger partial charge in [0.25, 0.3) is 5.56 Å². The van der Waals surface area contributed by atoms with Crippen molar-refractivity contribution in [2.24, 2.45) is 5.41 Å². The van der Waals surface area contributed by atoms with Crippen LogP contribution in [-0.4, -0.2) is 22.6 Å². The minimum atomic E-state index is -0.849. The Labute approximate surface area is 201 Å². The van der Waals surface area contributed by atoms with Gasteiger partial charge in [0.05, 0.1) is 21.8 Å². The molecule has 9 heteroatoms. The number of nitriles is 1. The molecule has 0 saturated heterocycles. The van der Waals surface area contributed by atoms with E-state index in [4.69, 9.17) is 4.74 Å². The normalized spacial score (nSPS) is 12.9. The van der Waals surface area contributed by atoms with E-state index in [2.05, 4.69) is 15.9 Å². The van der Waals surface area contributed by atoms with Gasteiger partial charge >= 0.3 is 0 Å². The minimum absolute atomic E-state index is 0.0823. The molecule has 3 aromatic rings. The SMILES string of the molecule is COc1cc(/C=c2/s/c(=C(/C#N)C(=O)C(C)(C)C)n(-c3ccc(F)cc3)c2=O)cc(Br)c1O. The highest BCUT2D eigenvalue weighted by Crippen LogP contribution is 2.35. The topological polar surface area (TPSA) is 92.3 Å². The molecule has 0 fully saturated rings. The molecule has 0 radical (unpaired) electrons. The number of hydrogen-bond acceptors (Lipinski definition) is 6. The molecule has 1 heterocycles. The monoisotopic (exact) mass is 530 g/mol. The molecule has 0 aliphatic heterocycles. The summed E-state index contributed by atoms with van der Waals surface area (Å²) in [7, 11) is 1.41. The van der Waals surface area contributed by atoms with E-state index >= 15 is 0 Å². The first-order chi connectivity index (χ1) is 15.5. The molecule has 6 nitrogen and oxygen atoms in total. The number of ketones is 1. The Hall–Kier alpha value is -3.22. The van der Waals surface area contributed by atoms with Crippen LogP contribution in [0.3, 0.4) is 0 Å². The molecule has 0 atom stereocenters. The van der Waals surface area contributed by atoms with Crippen molar-refractivity contribution >= 4 is 44.7 Å². The lowest BCUT2D eigenvalue weighted by molar-refractivity contribution is -0.120. The van der Waals surface area contributed by atoms with E-state index in [0.29, 0.717) is 15.7 Å². The molecular formula is C24H20BrFN2O4S. The molecule has 2 aromatic carbocycles. The van der Waals surface area contributed by atoms with E-state index in [9.17, 15) is 24.3 Å². The molecule has 0 aliphatic carbocycles. The number of aromatic hydroxyl groups is 1. The zero-order valence-corrected chi connectivity index (χ0v) is 20.7. The van der Waals surface area contributed by atoms with Crippen molar-refractivity contribution in [3.8, 4) is 23.3 Å². The Morgan fingerprint density at radius 2 is 1.91 bits per heavy atom. The second-order valence-electron chi connectivity index (χ2n) is 8.15. The summed E-state index contributed by atoms with van der Waals surface area (Å²) in [4.78, 5) is 26.4. The first-order valence-electron chi connectivity index (χ1n) is 9.73. The number of phenolic OH excluding ortho intramolecular Hbond substituents is 1. The minimum Gasteiger partial charge on any atom is -0.503 e. The first kappa shape index (κ1) is 24.4. The fourth-order valence-corrected chi connectivity index (χ4v) is 4.59. The van der Waals surface area contributed by atoms with Gasteiger partial charge in [0, 0.05) is 5.41 Å². The summed E-state index contributed by atoms with van der Waals surface area (Å²) < 4.78 is 20.7. The van der Waals surface area contributed by atoms with Crippen molar-refractivity contribution in [1.82, 2.24) is 4.57 Å². The lowest BCUT2D eigenvalue weighted by atomic mass is 9.87. The number of halogens is 2. The fourth-order valence-electron chi connectivity index (χ4n) is 3.03. The number of aromatic nitrogens is 1. The van der Waals surface area contributed by atoms with Gasteiger partial charge in [-0.15, -0.1) is 11.3 Å². The van der Waals surface area contributed by atoms with Crippen LogP contribution in [0.4, 0.5) is 4.39 Å². The summed E-state index contributed by atoms with van der Waals surface area (Å²) in [5.74, 6) is -0.770. The van der Waals surface area contributed by atoms with Crippen LogP contribution in [0, 0.1) is 22.6 Å². The van der Waals surface area contributed by atoms with Crippen LogP contribution in [0.5, 0.6) is 11.5 Å². The van der Waals surface area contributed by atoms with Gasteiger partial charge in [0.2, 0.25) is 0 Å². The fraction of sp³-hybridized carbons (Fsp3) is 0.208. The van der Waals surface area contributed by atoms with E-state index in [1.807, 2.05) is 6.07 Å². The number of thiazole rings is 1. The predicted octanol–water partition coefficient (Wildman–Crippen LogP) is 3.63. The molecule has 1 N–H and O–H groups in total. The summed E-state index contributed by atoms with van der Waals surface area (Å²) in [5, 5.41) is 19.9. The van der Waals surface area contributed by atoms with Crippen molar-refractivity contribution in [2.45, 2.75) is 20.8 Å². The summed E-state index contributed by atoms with van der Waals surface area (Å²) in [6, 6.07) is 10.3. The maximum absolute atomic E-state index is 13.5. The lowest BCUT2D eigenvalue weighted by Gasteiger charge is -2.15. The van der Waals surface area contributed by atoms with Crippen LogP contribution in [0.1, 0.15) is 26.3 Å². The highest BCUT2D eigenvalue weighted by molar-refractivity contribution is 9.10. The molecule has 3 rings (SSSR count). The molecule has 0 saturated carbocycles. The highest BCUT2D eigenvalue weighted by Gasteiger charge is 2.27. The van der Waals surface area contributed by atoms with E-state index in [1.165, 1.54) is 35.9 Å². The van der Waals surface area contributed by atoms with Crippen LogP contribution in [0.2, 0.25) is 0 Å². The van der Waals surface area contributed by atoms with Gasteiger partial charge in [-0.2, -0.15) is 5.26 Å². The summed E-state index contributed by atoms with van der Waals surface area (Å²) >= 11 is 4.23. The van der Waals surface area contributed by atoms with Gasteiger partial charge in [0.1, 0.15) is 22.1 Å². The molecule has 0 aliphatic rings. The predicted molar refractivity (Wildman–Crippen MR) is 129 cm³/mol. The van der Waals surface area contributed by atoms with Crippen LogP contribution in [0.25, 0.3) is 17.3 Å². The zero-order chi connectivity index (χ0) is 24.5. The third kappa shape index (κ3) is 4.92. The average Bonchev–Trinajstić information content (AvgIpc) is 3.06. The maximum atomic E-state index is 13.5. The van der Waals surface area contributed by atoms with Crippen molar-refractivity contribution in [2.75, 3.05) is 7.11 Å². The summed E-state index contributed by atoms with van der Waals surface area (Å²) in [6.07, 6.45) is 1.57. The van der Waals surface area contributed by atoms with E-state index < -0.39 is 22.6 Å². The van der Waals surface area contributed by atoms with Gasteiger partial charge in [0.15, 0.2) is 17.3 Å². The van der Waals surface area contributed by atoms with E-state index in [1.54, 1.807) is 39.0 Å². The van der Waals surface area contributed by atoms with Crippen LogP contribution < -0.4 is 19.5 Å². The molecule has 0 amide bonds. The smallest absolute Gasteiger partial charge is 0.273 e. The Balaban J connectivity index is 2.43. The lowest BCUT2D eigenvalue weighted by Crippen LogP contribution is -2.33. The summed E-state index contributed by atoms with van der Waals surface area (Å²) in [5.41, 5.74) is -0.602.